The molecule has 3 rings (SSSR count). The lowest BCUT2D eigenvalue weighted by molar-refractivity contribution is -0.0379. The molecule has 1 saturated heterocycles. The van der Waals surface area contributed by atoms with Crippen molar-refractivity contribution in [3.8, 4) is 0 Å². The van der Waals surface area contributed by atoms with Crippen LogP contribution in [0.25, 0.3) is 0 Å². The highest BCUT2D eigenvalue weighted by molar-refractivity contribution is 6.31. The maximum atomic E-state index is 6.32. The standard InChI is InChI=1S/C15H14ClNO/c16-14-4-2-1-3-13(14)15(9-18-10-15)11-5-7-12(17)8-6-11/h1-8H,9-10,17H2. The summed E-state index contributed by atoms with van der Waals surface area (Å²) < 4.78 is 5.44. The number of nitrogens with two attached hydrogens (primary N) is 1. The molecule has 0 spiro atoms. The van der Waals surface area contributed by atoms with Crippen LogP contribution in [0.1, 0.15) is 11.1 Å². The third kappa shape index (κ3) is 1.69. The van der Waals surface area contributed by atoms with E-state index in [0.29, 0.717) is 13.2 Å². The number of nitrogen functional groups attached to an aromatic ring is 1. The van der Waals surface area contributed by atoms with Gasteiger partial charge in [0.2, 0.25) is 0 Å². The van der Waals surface area contributed by atoms with Gasteiger partial charge in [-0.3, -0.25) is 0 Å². The molecule has 0 amide bonds. The minimum atomic E-state index is -0.119. The van der Waals surface area contributed by atoms with E-state index in [0.717, 1.165) is 16.3 Å². The normalized spacial score (nSPS) is 17.2. The second kappa shape index (κ2) is 4.30. The van der Waals surface area contributed by atoms with Gasteiger partial charge in [-0.15, -0.1) is 0 Å². The zero-order valence-electron chi connectivity index (χ0n) is 9.90. The number of halogens is 1. The van der Waals surface area contributed by atoms with Crippen molar-refractivity contribution in [3.05, 3.63) is 64.7 Å². The molecular formula is C15H14ClNO. The lowest BCUT2D eigenvalue weighted by atomic mass is 9.73. The average Bonchev–Trinajstić information content (AvgIpc) is 2.32. The highest BCUT2D eigenvalue weighted by Gasteiger charge is 2.43. The Morgan fingerprint density at radius 1 is 1.00 bits per heavy atom. The van der Waals surface area contributed by atoms with Crippen molar-refractivity contribution >= 4 is 17.3 Å². The van der Waals surface area contributed by atoms with Gasteiger partial charge in [0.05, 0.1) is 18.6 Å². The van der Waals surface area contributed by atoms with Crippen molar-refractivity contribution in [1.82, 2.24) is 0 Å². The van der Waals surface area contributed by atoms with Crippen molar-refractivity contribution in [2.24, 2.45) is 0 Å². The first-order valence-corrected chi connectivity index (χ1v) is 6.29. The van der Waals surface area contributed by atoms with Crippen LogP contribution < -0.4 is 5.73 Å². The van der Waals surface area contributed by atoms with Crippen LogP contribution in [0, 0.1) is 0 Å². The number of anilines is 1. The number of hydrogen-bond acceptors (Lipinski definition) is 2. The van der Waals surface area contributed by atoms with Crippen molar-refractivity contribution in [2.75, 3.05) is 18.9 Å². The topological polar surface area (TPSA) is 35.2 Å². The van der Waals surface area contributed by atoms with Gasteiger partial charge in [-0.2, -0.15) is 0 Å². The third-order valence-electron chi connectivity index (χ3n) is 3.55. The fraction of sp³-hybridized carbons (Fsp3) is 0.200. The highest BCUT2D eigenvalue weighted by atomic mass is 35.5. The number of rotatable bonds is 2. The Hall–Kier alpha value is -1.51. The van der Waals surface area contributed by atoms with Gasteiger partial charge >= 0.3 is 0 Å². The lowest BCUT2D eigenvalue weighted by Gasteiger charge is -2.43. The molecule has 1 heterocycles. The smallest absolute Gasteiger partial charge is 0.0684 e. The molecular weight excluding hydrogens is 246 g/mol. The Bertz CT molecular complexity index is 561. The van der Waals surface area contributed by atoms with Crippen LogP contribution >= 0.6 is 11.6 Å². The van der Waals surface area contributed by atoms with Gasteiger partial charge in [-0.1, -0.05) is 41.9 Å². The predicted molar refractivity (Wildman–Crippen MR) is 73.9 cm³/mol. The van der Waals surface area contributed by atoms with Crippen molar-refractivity contribution in [1.29, 1.82) is 0 Å². The van der Waals surface area contributed by atoms with E-state index < -0.39 is 0 Å². The van der Waals surface area contributed by atoms with Crippen molar-refractivity contribution in [3.63, 3.8) is 0 Å². The van der Waals surface area contributed by atoms with E-state index in [9.17, 15) is 0 Å². The largest absolute Gasteiger partial charge is 0.399 e. The first kappa shape index (κ1) is 11.6. The Labute approximate surface area is 111 Å². The van der Waals surface area contributed by atoms with Crippen molar-refractivity contribution in [2.45, 2.75) is 5.41 Å². The van der Waals surface area contributed by atoms with Crippen LogP contribution in [0.15, 0.2) is 48.5 Å². The van der Waals surface area contributed by atoms with E-state index in [1.54, 1.807) is 0 Å². The number of benzene rings is 2. The molecule has 2 nitrogen and oxygen atoms in total. The van der Waals surface area contributed by atoms with Gasteiger partial charge in [-0.25, -0.2) is 0 Å². The molecule has 0 atom stereocenters. The summed E-state index contributed by atoms with van der Waals surface area (Å²) in [4.78, 5) is 0. The van der Waals surface area contributed by atoms with Gasteiger partial charge in [-0.05, 0) is 29.3 Å². The molecule has 0 unspecified atom stereocenters. The number of ether oxygens (including phenoxy) is 1. The highest BCUT2D eigenvalue weighted by Crippen LogP contribution is 2.42. The SMILES string of the molecule is Nc1ccc(C2(c3ccccc3Cl)COC2)cc1. The molecule has 0 saturated carbocycles. The Kier molecular flexibility index (Phi) is 2.77. The molecule has 0 aliphatic carbocycles. The maximum absolute atomic E-state index is 6.32. The van der Waals surface area contributed by atoms with Crippen LogP contribution in [0.2, 0.25) is 5.02 Å². The minimum Gasteiger partial charge on any atom is -0.399 e. The van der Waals surface area contributed by atoms with E-state index >= 15 is 0 Å². The second-order valence-corrected chi connectivity index (χ2v) is 5.08. The summed E-state index contributed by atoms with van der Waals surface area (Å²) in [5.74, 6) is 0. The molecule has 92 valence electrons. The predicted octanol–water partition coefficient (Wildman–Crippen LogP) is 3.24. The molecule has 2 aromatic rings. The zero-order chi connectivity index (χ0) is 12.6. The maximum Gasteiger partial charge on any atom is 0.0684 e. The monoisotopic (exact) mass is 259 g/mol. The molecule has 18 heavy (non-hydrogen) atoms. The molecule has 0 bridgehead atoms. The summed E-state index contributed by atoms with van der Waals surface area (Å²) >= 11 is 6.32. The van der Waals surface area contributed by atoms with Gasteiger partial charge in [0.15, 0.2) is 0 Å². The Morgan fingerprint density at radius 2 is 1.67 bits per heavy atom. The Balaban J connectivity index is 2.11. The van der Waals surface area contributed by atoms with E-state index in [1.165, 1.54) is 5.56 Å². The molecule has 0 radical (unpaired) electrons. The van der Waals surface area contributed by atoms with Gasteiger partial charge in [0, 0.05) is 10.7 Å². The molecule has 1 aliphatic rings. The molecule has 1 aliphatic heterocycles. The second-order valence-electron chi connectivity index (χ2n) is 4.68. The summed E-state index contributed by atoms with van der Waals surface area (Å²) in [5, 5.41) is 0.789. The minimum absolute atomic E-state index is 0.119. The van der Waals surface area contributed by atoms with E-state index in [4.69, 9.17) is 22.1 Å². The van der Waals surface area contributed by atoms with Crippen LogP contribution in [-0.2, 0) is 10.2 Å². The summed E-state index contributed by atoms with van der Waals surface area (Å²) in [6.07, 6.45) is 0. The quantitative estimate of drug-likeness (QED) is 0.841. The summed E-state index contributed by atoms with van der Waals surface area (Å²) in [6.45, 7) is 1.33. The van der Waals surface area contributed by atoms with Gasteiger partial charge in [0.1, 0.15) is 0 Å². The fourth-order valence-electron chi connectivity index (χ4n) is 2.44. The summed E-state index contributed by atoms with van der Waals surface area (Å²) in [5.41, 5.74) is 8.73. The Morgan fingerprint density at radius 3 is 2.22 bits per heavy atom. The van der Waals surface area contributed by atoms with Crippen LogP contribution in [0.4, 0.5) is 5.69 Å². The zero-order valence-corrected chi connectivity index (χ0v) is 10.7. The van der Waals surface area contributed by atoms with E-state index in [-0.39, 0.29) is 5.41 Å². The van der Waals surface area contributed by atoms with Crippen LogP contribution in [0.3, 0.4) is 0 Å². The molecule has 1 fully saturated rings. The van der Waals surface area contributed by atoms with E-state index in [1.807, 2.05) is 30.3 Å². The average molecular weight is 260 g/mol. The third-order valence-corrected chi connectivity index (χ3v) is 3.88. The van der Waals surface area contributed by atoms with Gasteiger partial charge in [0.25, 0.3) is 0 Å². The molecule has 2 aromatic carbocycles. The van der Waals surface area contributed by atoms with E-state index in [2.05, 4.69) is 18.2 Å². The molecule has 3 heteroatoms. The molecule has 2 N–H and O–H groups in total. The fourth-order valence-corrected chi connectivity index (χ4v) is 2.75. The number of hydrogen-bond donors (Lipinski definition) is 1. The van der Waals surface area contributed by atoms with Crippen LogP contribution in [0.5, 0.6) is 0 Å². The first-order valence-electron chi connectivity index (χ1n) is 5.91. The molecule has 0 aromatic heterocycles. The van der Waals surface area contributed by atoms with Crippen LogP contribution in [-0.4, -0.2) is 13.2 Å². The summed E-state index contributed by atoms with van der Waals surface area (Å²) in [7, 11) is 0. The first-order chi connectivity index (χ1) is 8.72. The van der Waals surface area contributed by atoms with Crippen molar-refractivity contribution < 1.29 is 4.74 Å². The van der Waals surface area contributed by atoms with Gasteiger partial charge < -0.3 is 10.5 Å². The lowest BCUT2D eigenvalue weighted by Crippen LogP contribution is -2.47. The summed E-state index contributed by atoms with van der Waals surface area (Å²) in [6, 6.07) is 15.9.